The number of nitrogens with one attached hydrogen (secondary N) is 1. The molecular formula is C16H26ClNS. The summed E-state index contributed by atoms with van der Waals surface area (Å²) in [5.74, 6) is 3.20. The van der Waals surface area contributed by atoms with Crippen molar-refractivity contribution in [3.63, 3.8) is 0 Å². The van der Waals surface area contributed by atoms with Crippen LogP contribution in [0.5, 0.6) is 0 Å². The standard InChI is InChI=1S/C16H26ClNS/c1-3-18-13-14(8-7-11-19-4-2)12-15-9-5-6-10-16(15)17/h5-6,9-10,14,18H,3-4,7-8,11-13H2,1-2H3. The van der Waals surface area contributed by atoms with Gasteiger partial charge in [-0.25, -0.2) is 0 Å². The first-order valence-electron chi connectivity index (χ1n) is 7.29. The van der Waals surface area contributed by atoms with Crippen LogP contribution in [0.25, 0.3) is 0 Å². The van der Waals surface area contributed by atoms with Crippen molar-refractivity contribution in [3.05, 3.63) is 34.9 Å². The molecule has 108 valence electrons. The molecule has 0 aliphatic heterocycles. The van der Waals surface area contributed by atoms with E-state index in [1.807, 2.05) is 23.9 Å². The summed E-state index contributed by atoms with van der Waals surface area (Å²) < 4.78 is 0. The molecule has 0 fully saturated rings. The minimum absolute atomic E-state index is 0.692. The van der Waals surface area contributed by atoms with Gasteiger partial charge in [-0.05, 0) is 61.4 Å². The van der Waals surface area contributed by atoms with E-state index in [-0.39, 0.29) is 0 Å². The molecule has 1 unspecified atom stereocenters. The van der Waals surface area contributed by atoms with E-state index in [4.69, 9.17) is 11.6 Å². The highest BCUT2D eigenvalue weighted by molar-refractivity contribution is 7.99. The second-order valence-corrected chi connectivity index (χ2v) is 6.61. The molecule has 1 aromatic carbocycles. The highest BCUT2D eigenvalue weighted by Gasteiger charge is 2.11. The van der Waals surface area contributed by atoms with Gasteiger partial charge in [-0.2, -0.15) is 11.8 Å². The topological polar surface area (TPSA) is 12.0 Å². The number of hydrogen-bond donors (Lipinski definition) is 1. The normalized spacial score (nSPS) is 12.6. The lowest BCUT2D eigenvalue weighted by Gasteiger charge is -2.18. The van der Waals surface area contributed by atoms with Crippen LogP contribution in [-0.4, -0.2) is 24.6 Å². The van der Waals surface area contributed by atoms with Crippen molar-refractivity contribution in [2.75, 3.05) is 24.6 Å². The summed E-state index contributed by atoms with van der Waals surface area (Å²) in [4.78, 5) is 0. The first-order valence-corrected chi connectivity index (χ1v) is 8.83. The van der Waals surface area contributed by atoms with Crippen LogP contribution in [0.15, 0.2) is 24.3 Å². The molecule has 1 aromatic rings. The number of rotatable bonds is 10. The van der Waals surface area contributed by atoms with Crippen LogP contribution >= 0.6 is 23.4 Å². The SMILES string of the molecule is CCNCC(CCCSCC)Cc1ccccc1Cl. The molecule has 3 heteroatoms. The van der Waals surface area contributed by atoms with Gasteiger partial charge in [0.15, 0.2) is 0 Å². The maximum absolute atomic E-state index is 6.26. The molecule has 0 saturated heterocycles. The number of hydrogen-bond acceptors (Lipinski definition) is 2. The van der Waals surface area contributed by atoms with E-state index in [1.165, 1.54) is 29.9 Å². The minimum Gasteiger partial charge on any atom is -0.317 e. The van der Waals surface area contributed by atoms with E-state index in [2.05, 4.69) is 31.3 Å². The predicted molar refractivity (Wildman–Crippen MR) is 89.4 cm³/mol. The molecule has 1 N–H and O–H groups in total. The Balaban J connectivity index is 2.46. The van der Waals surface area contributed by atoms with Gasteiger partial charge in [0.05, 0.1) is 0 Å². The highest BCUT2D eigenvalue weighted by Crippen LogP contribution is 2.21. The third-order valence-corrected chi connectivity index (χ3v) is 4.61. The Morgan fingerprint density at radius 3 is 2.74 bits per heavy atom. The largest absolute Gasteiger partial charge is 0.317 e. The fourth-order valence-electron chi connectivity index (χ4n) is 2.22. The second kappa shape index (κ2) is 10.6. The lowest BCUT2D eigenvalue weighted by molar-refractivity contribution is 0.446. The molecule has 0 radical (unpaired) electrons. The minimum atomic E-state index is 0.692. The van der Waals surface area contributed by atoms with Crippen LogP contribution in [-0.2, 0) is 6.42 Å². The van der Waals surface area contributed by atoms with Crippen molar-refractivity contribution >= 4 is 23.4 Å². The van der Waals surface area contributed by atoms with Gasteiger partial charge in [0.1, 0.15) is 0 Å². The van der Waals surface area contributed by atoms with Gasteiger partial charge in [-0.3, -0.25) is 0 Å². The summed E-state index contributed by atoms with van der Waals surface area (Å²) in [6.45, 7) is 6.53. The van der Waals surface area contributed by atoms with E-state index in [9.17, 15) is 0 Å². The van der Waals surface area contributed by atoms with E-state index < -0.39 is 0 Å². The van der Waals surface area contributed by atoms with Crippen LogP contribution in [0.3, 0.4) is 0 Å². The zero-order valence-electron chi connectivity index (χ0n) is 12.1. The zero-order valence-corrected chi connectivity index (χ0v) is 13.7. The molecule has 1 nitrogen and oxygen atoms in total. The third kappa shape index (κ3) is 7.24. The molecule has 0 aromatic heterocycles. The summed E-state index contributed by atoms with van der Waals surface area (Å²) in [5.41, 5.74) is 1.29. The van der Waals surface area contributed by atoms with E-state index >= 15 is 0 Å². The number of benzene rings is 1. The van der Waals surface area contributed by atoms with Gasteiger partial charge in [-0.1, -0.05) is 43.6 Å². The molecule has 0 heterocycles. The Morgan fingerprint density at radius 1 is 1.26 bits per heavy atom. The van der Waals surface area contributed by atoms with Crippen molar-refractivity contribution in [1.82, 2.24) is 5.32 Å². The fourth-order valence-corrected chi connectivity index (χ4v) is 3.09. The summed E-state index contributed by atoms with van der Waals surface area (Å²) in [6, 6.07) is 8.23. The van der Waals surface area contributed by atoms with Gasteiger partial charge in [0.25, 0.3) is 0 Å². The smallest absolute Gasteiger partial charge is 0.0438 e. The molecule has 0 spiro atoms. The average Bonchev–Trinajstić information content (AvgIpc) is 2.43. The monoisotopic (exact) mass is 299 g/mol. The van der Waals surface area contributed by atoms with E-state index in [0.717, 1.165) is 24.5 Å². The van der Waals surface area contributed by atoms with Crippen LogP contribution in [0.1, 0.15) is 32.3 Å². The Kier molecular flexibility index (Phi) is 9.40. The quantitative estimate of drug-likeness (QED) is 0.632. The van der Waals surface area contributed by atoms with Crippen LogP contribution in [0, 0.1) is 5.92 Å². The fraction of sp³-hybridized carbons (Fsp3) is 0.625. The summed E-state index contributed by atoms with van der Waals surface area (Å²) >= 11 is 8.30. The third-order valence-electron chi connectivity index (χ3n) is 3.25. The van der Waals surface area contributed by atoms with Crippen LogP contribution in [0.2, 0.25) is 5.02 Å². The van der Waals surface area contributed by atoms with Crippen molar-refractivity contribution in [3.8, 4) is 0 Å². The molecular weight excluding hydrogens is 274 g/mol. The van der Waals surface area contributed by atoms with E-state index in [1.54, 1.807) is 0 Å². The Morgan fingerprint density at radius 2 is 2.05 bits per heavy atom. The Labute approximate surface area is 127 Å². The molecule has 0 saturated carbocycles. The zero-order chi connectivity index (χ0) is 13.9. The molecule has 0 aliphatic rings. The van der Waals surface area contributed by atoms with Crippen molar-refractivity contribution in [1.29, 1.82) is 0 Å². The number of halogens is 1. The van der Waals surface area contributed by atoms with Crippen molar-refractivity contribution in [2.24, 2.45) is 5.92 Å². The summed E-state index contributed by atoms with van der Waals surface area (Å²) in [5, 5.41) is 4.39. The lowest BCUT2D eigenvalue weighted by Crippen LogP contribution is -2.24. The predicted octanol–water partition coefficient (Wildman–Crippen LogP) is 4.64. The lowest BCUT2D eigenvalue weighted by atomic mass is 9.95. The molecule has 0 amide bonds. The highest BCUT2D eigenvalue weighted by atomic mass is 35.5. The van der Waals surface area contributed by atoms with Gasteiger partial charge >= 0.3 is 0 Å². The van der Waals surface area contributed by atoms with Crippen molar-refractivity contribution in [2.45, 2.75) is 33.1 Å². The van der Waals surface area contributed by atoms with Gasteiger partial charge in [0.2, 0.25) is 0 Å². The first-order chi connectivity index (χ1) is 9.27. The molecule has 0 bridgehead atoms. The van der Waals surface area contributed by atoms with Crippen LogP contribution < -0.4 is 5.32 Å². The maximum Gasteiger partial charge on any atom is 0.0438 e. The molecule has 0 aliphatic carbocycles. The average molecular weight is 300 g/mol. The first kappa shape index (κ1) is 16.9. The molecule has 1 rings (SSSR count). The maximum atomic E-state index is 6.26. The molecule has 19 heavy (non-hydrogen) atoms. The molecule has 1 atom stereocenters. The number of thioether (sulfide) groups is 1. The summed E-state index contributed by atoms with van der Waals surface area (Å²) in [7, 11) is 0. The Hall–Kier alpha value is -0.180. The Bertz CT molecular complexity index is 343. The van der Waals surface area contributed by atoms with Crippen LogP contribution in [0.4, 0.5) is 0 Å². The van der Waals surface area contributed by atoms with Gasteiger partial charge < -0.3 is 5.32 Å². The second-order valence-electron chi connectivity index (χ2n) is 4.81. The van der Waals surface area contributed by atoms with Gasteiger partial charge in [-0.15, -0.1) is 0 Å². The summed E-state index contributed by atoms with van der Waals surface area (Å²) in [6.07, 6.45) is 3.67. The van der Waals surface area contributed by atoms with E-state index in [0.29, 0.717) is 5.92 Å². The van der Waals surface area contributed by atoms with Crippen molar-refractivity contribution < 1.29 is 0 Å². The van der Waals surface area contributed by atoms with Gasteiger partial charge in [0, 0.05) is 5.02 Å².